The molecule has 0 saturated carbocycles. The fraction of sp³-hybridized carbons (Fsp3) is 0.0667. The van der Waals surface area contributed by atoms with Crippen LogP contribution in [0.2, 0.25) is 5.02 Å². The van der Waals surface area contributed by atoms with Gasteiger partial charge in [-0.3, -0.25) is 4.79 Å². The number of carbonyl (C=O) groups excluding carboxylic acids is 1. The molecule has 20 heavy (non-hydrogen) atoms. The normalized spacial score (nSPS) is 11.2. The van der Waals surface area contributed by atoms with Gasteiger partial charge >= 0.3 is 0 Å². The number of hydrogen-bond donors (Lipinski definition) is 2. The number of aromatic hydroxyl groups is 1. The van der Waals surface area contributed by atoms with Gasteiger partial charge in [-0.25, -0.2) is 5.43 Å². The molecule has 0 bridgehead atoms. The van der Waals surface area contributed by atoms with E-state index >= 15 is 0 Å². The zero-order valence-electron chi connectivity index (χ0n) is 10.8. The van der Waals surface area contributed by atoms with Crippen LogP contribution in [-0.4, -0.2) is 16.7 Å². The zero-order chi connectivity index (χ0) is 14.5. The number of nitrogens with one attached hydrogen (secondary N) is 1. The molecule has 1 amide bonds. The first kappa shape index (κ1) is 14.1. The Kier molecular flexibility index (Phi) is 4.38. The Bertz CT molecular complexity index is 668. The summed E-state index contributed by atoms with van der Waals surface area (Å²) in [6.07, 6.45) is 0. The standard InChI is InChI=1S/C15H13ClN2O2/c1-10(13-7-2-3-8-14(13)16)17-18-15(20)11-5-4-6-12(19)9-11/h2-9,19H,1H3,(H,18,20)/b17-10+. The lowest BCUT2D eigenvalue weighted by Gasteiger charge is -2.05. The topological polar surface area (TPSA) is 61.7 Å². The Morgan fingerprint density at radius 2 is 1.95 bits per heavy atom. The number of phenolic OH excluding ortho intramolecular Hbond substituents is 1. The van der Waals surface area contributed by atoms with Crippen LogP contribution in [-0.2, 0) is 0 Å². The predicted octanol–water partition coefficient (Wildman–Crippen LogP) is 3.20. The van der Waals surface area contributed by atoms with Gasteiger partial charge in [-0.1, -0.05) is 35.9 Å². The molecule has 0 aliphatic rings. The van der Waals surface area contributed by atoms with Gasteiger partial charge < -0.3 is 5.11 Å². The summed E-state index contributed by atoms with van der Waals surface area (Å²) >= 11 is 6.05. The molecule has 5 heteroatoms. The molecular weight excluding hydrogens is 276 g/mol. The van der Waals surface area contributed by atoms with Crippen molar-refractivity contribution >= 4 is 23.2 Å². The molecule has 2 N–H and O–H groups in total. The van der Waals surface area contributed by atoms with Gasteiger partial charge in [-0.2, -0.15) is 5.10 Å². The largest absolute Gasteiger partial charge is 0.508 e. The molecule has 2 rings (SSSR count). The fourth-order valence-electron chi connectivity index (χ4n) is 1.66. The van der Waals surface area contributed by atoms with E-state index in [1.807, 2.05) is 18.2 Å². The van der Waals surface area contributed by atoms with E-state index in [1.165, 1.54) is 12.1 Å². The van der Waals surface area contributed by atoms with Crippen molar-refractivity contribution in [2.24, 2.45) is 5.10 Å². The summed E-state index contributed by atoms with van der Waals surface area (Å²) in [6.45, 7) is 1.75. The molecule has 0 aliphatic carbocycles. The van der Waals surface area contributed by atoms with E-state index in [0.29, 0.717) is 16.3 Å². The van der Waals surface area contributed by atoms with E-state index < -0.39 is 5.91 Å². The SMILES string of the molecule is C/C(=N\NC(=O)c1cccc(O)c1)c1ccccc1Cl. The summed E-state index contributed by atoms with van der Waals surface area (Å²) in [5, 5.41) is 13.9. The van der Waals surface area contributed by atoms with Gasteiger partial charge in [0.15, 0.2) is 0 Å². The number of nitrogens with zero attached hydrogens (tertiary/aromatic N) is 1. The number of phenols is 1. The van der Waals surface area contributed by atoms with Crippen molar-refractivity contribution in [3.8, 4) is 5.75 Å². The minimum Gasteiger partial charge on any atom is -0.508 e. The van der Waals surface area contributed by atoms with Crippen LogP contribution in [0, 0.1) is 0 Å². The van der Waals surface area contributed by atoms with Gasteiger partial charge in [-0.15, -0.1) is 0 Å². The molecule has 0 heterocycles. The summed E-state index contributed by atoms with van der Waals surface area (Å²) in [4.78, 5) is 11.9. The summed E-state index contributed by atoms with van der Waals surface area (Å²) in [6, 6.07) is 13.3. The predicted molar refractivity (Wildman–Crippen MR) is 79.2 cm³/mol. The van der Waals surface area contributed by atoms with Crippen molar-refractivity contribution in [2.45, 2.75) is 6.92 Å². The second-order valence-corrected chi connectivity index (χ2v) is 4.58. The monoisotopic (exact) mass is 288 g/mol. The number of amides is 1. The van der Waals surface area contributed by atoms with E-state index in [2.05, 4.69) is 10.5 Å². The van der Waals surface area contributed by atoms with Crippen LogP contribution in [0.5, 0.6) is 5.75 Å². The number of halogens is 1. The summed E-state index contributed by atoms with van der Waals surface area (Å²) in [5.74, 6) is -0.364. The first-order valence-corrected chi connectivity index (χ1v) is 6.34. The lowest BCUT2D eigenvalue weighted by molar-refractivity contribution is 0.0954. The maximum atomic E-state index is 11.9. The van der Waals surface area contributed by atoms with E-state index in [0.717, 1.165) is 5.56 Å². The Labute approximate surface area is 121 Å². The molecule has 0 spiro atoms. The smallest absolute Gasteiger partial charge is 0.271 e. The van der Waals surface area contributed by atoms with Crippen LogP contribution in [0.15, 0.2) is 53.6 Å². The highest BCUT2D eigenvalue weighted by Crippen LogP contribution is 2.15. The van der Waals surface area contributed by atoms with Gasteiger partial charge in [0, 0.05) is 16.1 Å². The van der Waals surface area contributed by atoms with Gasteiger partial charge in [-0.05, 0) is 31.2 Å². The van der Waals surface area contributed by atoms with E-state index in [1.54, 1.807) is 25.1 Å². The van der Waals surface area contributed by atoms with Crippen LogP contribution < -0.4 is 5.43 Å². The van der Waals surface area contributed by atoms with Crippen molar-refractivity contribution in [1.29, 1.82) is 0 Å². The summed E-state index contributed by atoms with van der Waals surface area (Å²) < 4.78 is 0. The first-order valence-electron chi connectivity index (χ1n) is 5.96. The van der Waals surface area contributed by atoms with E-state index in [4.69, 9.17) is 11.6 Å². The third kappa shape index (κ3) is 3.36. The molecule has 0 fully saturated rings. The van der Waals surface area contributed by atoms with Crippen LogP contribution in [0.4, 0.5) is 0 Å². The number of rotatable bonds is 3. The summed E-state index contributed by atoms with van der Waals surface area (Å²) in [5.41, 5.74) is 4.12. The molecular formula is C15H13ClN2O2. The van der Waals surface area contributed by atoms with Crippen LogP contribution in [0.1, 0.15) is 22.8 Å². The Morgan fingerprint density at radius 3 is 2.65 bits per heavy atom. The van der Waals surface area contributed by atoms with Gasteiger partial charge in [0.05, 0.1) is 5.71 Å². The fourth-order valence-corrected chi connectivity index (χ4v) is 1.93. The van der Waals surface area contributed by atoms with Crippen molar-refractivity contribution < 1.29 is 9.90 Å². The van der Waals surface area contributed by atoms with Crippen LogP contribution in [0.25, 0.3) is 0 Å². The van der Waals surface area contributed by atoms with Crippen molar-refractivity contribution in [1.82, 2.24) is 5.43 Å². The Morgan fingerprint density at radius 1 is 1.20 bits per heavy atom. The Balaban J connectivity index is 2.13. The summed E-state index contributed by atoms with van der Waals surface area (Å²) in [7, 11) is 0. The minimum atomic E-state index is -0.396. The second kappa shape index (κ2) is 6.21. The van der Waals surface area contributed by atoms with Gasteiger partial charge in [0.25, 0.3) is 5.91 Å². The third-order valence-corrected chi connectivity index (χ3v) is 3.03. The van der Waals surface area contributed by atoms with Gasteiger partial charge in [0.2, 0.25) is 0 Å². The molecule has 2 aromatic carbocycles. The molecule has 0 unspecified atom stereocenters. The number of hydrogen-bond acceptors (Lipinski definition) is 3. The maximum absolute atomic E-state index is 11.9. The number of hydrazone groups is 1. The highest BCUT2D eigenvalue weighted by atomic mass is 35.5. The lowest BCUT2D eigenvalue weighted by atomic mass is 10.1. The maximum Gasteiger partial charge on any atom is 0.271 e. The molecule has 0 aromatic heterocycles. The third-order valence-electron chi connectivity index (χ3n) is 2.70. The molecule has 102 valence electrons. The lowest BCUT2D eigenvalue weighted by Crippen LogP contribution is -2.19. The highest BCUT2D eigenvalue weighted by Gasteiger charge is 2.06. The second-order valence-electron chi connectivity index (χ2n) is 4.17. The van der Waals surface area contributed by atoms with Crippen molar-refractivity contribution in [2.75, 3.05) is 0 Å². The number of benzene rings is 2. The number of carbonyl (C=O) groups is 1. The average Bonchev–Trinajstić information content (AvgIpc) is 2.45. The minimum absolute atomic E-state index is 0.0319. The van der Waals surface area contributed by atoms with Crippen molar-refractivity contribution in [3.63, 3.8) is 0 Å². The average molecular weight is 289 g/mol. The highest BCUT2D eigenvalue weighted by molar-refractivity contribution is 6.34. The van der Waals surface area contributed by atoms with E-state index in [9.17, 15) is 9.90 Å². The molecule has 2 aromatic rings. The van der Waals surface area contributed by atoms with E-state index in [-0.39, 0.29) is 5.75 Å². The van der Waals surface area contributed by atoms with Crippen molar-refractivity contribution in [3.05, 3.63) is 64.7 Å². The molecule has 0 saturated heterocycles. The zero-order valence-corrected chi connectivity index (χ0v) is 11.6. The molecule has 4 nitrogen and oxygen atoms in total. The van der Waals surface area contributed by atoms with Crippen LogP contribution >= 0.6 is 11.6 Å². The molecule has 0 radical (unpaired) electrons. The Hall–Kier alpha value is -2.33. The quantitative estimate of drug-likeness (QED) is 0.673. The first-order chi connectivity index (χ1) is 9.58. The molecule has 0 atom stereocenters. The van der Waals surface area contributed by atoms with Gasteiger partial charge in [0.1, 0.15) is 5.75 Å². The van der Waals surface area contributed by atoms with Crippen LogP contribution in [0.3, 0.4) is 0 Å². The molecule has 0 aliphatic heterocycles.